The highest BCUT2D eigenvalue weighted by molar-refractivity contribution is 6.10. The van der Waals surface area contributed by atoms with Gasteiger partial charge < -0.3 is 18.6 Å². The monoisotopic (exact) mass is 970 g/mol. The van der Waals surface area contributed by atoms with Crippen LogP contribution in [0.1, 0.15) is 17.7 Å². The van der Waals surface area contributed by atoms with Gasteiger partial charge in [0.2, 0.25) is 0 Å². The first-order valence-corrected chi connectivity index (χ1v) is 26.4. The Balaban J connectivity index is 0.754. The van der Waals surface area contributed by atoms with Crippen LogP contribution < -0.4 is 4.90 Å². The standard InChI is InChI=1S/C72H50N4/c1-7-19-67-61(13-1)62-14-2-8-20-68(62)74(67)58-43-31-52(32-44-58)49-25-37-55(38-26-49)73(56-39-27-50(28-40-56)53-33-45-59(46-34-53)75-69-21-9-3-15-63(69)64-16-4-10-22-70(64)75)57-41-29-51(30-42-57)54-35-47-60(48-36-54)76-71-23-11-5-17-65(71)66-18-6-12-24-72(66)76/h1-5,7-17,19-48H,6,18H2. The van der Waals surface area contributed by atoms with Gasteiger partial charge in [-0.3, -0.25) is 0 Å². The second-order valence-corrected chi connectivity index (χ2v) is 20.0. The first-order chi connectivity index (χ1) is 37.7. The predicted octanol–water partition coefficient (Wildman–Crippen LogP) is 19.3. The second kappa shape index (κ2) is 17.9. The first-order valence-electron chi connectivity index (χ1n) is 26.4. The third kappa shape index (κ3) is 7.21. The summed E-state index contributed by atoms with van der Waals surface area (Å²) in [6.07, 6.45) is 6.77. The molecule has 0 bridgehead atoms. The highest BCUT2D eigenvalue weighted by Gasteiger charge is 2.20. The van der Waals surface area contributed by atoms with Crippen molar-refractivity contribution in [2.45, 2.75) is 12.8 Å². The van der Waals surface area contributed by atoms with Gasteiger partial charge in [0, 0.05) is 66.7 Å². The fourth-order valence-corrected chi connectivity index (χ4v) is 12.1. The molecule has 0 saturated carbocycles. The van der Waals surface area contributed by atoms with Crippen molar-refractivity contribution < 1.29 is 0 Å². The van der Waals surface area contributed by atoms with Crippen LogP contribution in [0.25, 0.3) is 111 Å². The van der Waals surface area contributed by atoms with Gasteiger partial charge in [0.05, 0.1) is 27.6 Å². The highest BCUT2D eigenvalue weighted by atomic mass is 15.1. The van der Waals surface area contributed by atoms with Gasteiger partial charge in [0.25, 0.3) is 0 Å². The topological polar surface area (TPSA) is 18.0 Å². The lowest BCUT2D eigenvalue weighted by Crippen LogP contribution is -2.09. The Morgan fingerprint density at radius 1 is 0.263 bits per heavy atom. The van der Waals surface area contributed by atoms with Crippen LogP contribution in [-0.2, 0) is 6.42 Å². The van der Waals surface area contributed by atoms with Gasteiger partial charge in [-0.2, -0.15) is 0 Å². The molecule has 0 fully saturated rings. The molecule has 1 aliphatic rings. The zero-order valence-electron chi connectivity index (χ0n) is 41.8. The Hall–Kier alpha value is -9.90. The Bertz CT molecular complexity index is 4210. The molecule has 3 aromatic heterocycles. The molecule has 0 atom stereocenters. The van der Waals surface area contributed by atoms with Gasteiger partial charge in [-0.1, -0.05) is 170 Å². The van der Waals surface area contributed by atoms with Crippen LogP contribution in [0.5, 0.6) is 0 Å². The maximum Gasteiger partial charge on any atom is 0.0541 e. The maximum absolute atomic E-state index is 2.42. The lowest BCUT2D eigenvalue weighted by molar-refractivity contribution is 0.967. The smallest absolute Gasteiger partial charge is 0.0541 e. The van der Waals surface area contributed by atoms with E-state index in [9.17, 15) is 0 Å². The summed E-state index contributed by atoms with van der Waals surface area (Å²) >= 11 is 0. The fraction of sp³-hybridized carbons (Fsp3) is 0.0278. The van der Waals surface area contributed by atoms with E-state index in [1.807, 2.05) is 0 Å². The molecular weight excluding hydrogens is 921 g/mol. The van der Waals surface area contributed by atoms with Crippen molar-refractivity contribution in [1.29, 1.82) is 0 Å². The quantitative estimate of drug-likeness (QED) is 0.141. The third-order valence-corrected chi connectivity index (χ3v) is 15.8. The number of rotatable bonds is 9. The van der Waals surface area contributed by atoms with Crippen molar-refractivity contribution in [3.05, 3.63) is 284 Å². The molecule has 4 heteroatoms. The minimum atomic E-state index is 1.08. The maximum atomic E-state index is 2.42. The van der Waals surface area contributed by atoms with E-state index in [2.05, 4.69) is 298 Å². The Morgan fingerprint density at radius 2 is 0.539 bits per heavy atom. The molecule has 1 aliphatic carbocycles. The Labute approximate surface area is 441 Å². The van der Waals surface area contributed by atoms with Crippen molar-refractivity contribution in [3.63, 3.8) is 0 Å². The summed E-state index contributed by atoms with van der Waals surface area (Å²) in [5.74, 6) is 0. The molecule has 3 heterocycles. The normalized spacial score (nSPS) is 12.3. The minimum Gasteiger partial charge on any atom is -0.311 e. The van der Waals surface area contributed by atoms with E-state index < -0.39 is 0 Å². The summed E-state index contributed by atoms with van der Waals surface area (Å²) in [4.78, 5) is 2.37. The van der Waals surface area contributed by atoms with Crippen LogP contribution in [0.15, 0.2) is 273 Å². The van der Waals surface area contributed by atoms with E-state index in [-0.39, 0.29) is 0 Å². The number of anilines is 3. The lowest BCUT2D eigenvalue weighted by Gasteiger charge is -2.26. The van der Waals surface area contributed by atoms with Gasteiger partial charge in [0.15, 0.2) is 0 Å². The zero-order valence-corrected chi connectivity index (χ0v) is 41.8. The van der Waals surface area contributed by atoms with E-state index in [0.29, 0.717) is 0 Å². The minimum absolute atomic E-state index is 1.08. The number of para-hydroxylation sites is 5. The van der Waals surface area contributed by atoms with Crippen LogP contribution in [0.4, 0.5) is 17.1 Å². The van der Waals surface area contributed by atoms with Crippen molar-refractivity contribution in [3.8, 4) is 50.4 Å². The number of nitrogens with zero attached hydrogens (tertiary/aromatic N) is 4. The molecule has 0 aliphatic heterocycles. The SMILES string of the molecule is C1=Cc2c(c3ccccc3n2-c2ccc(-c3ccc(N(c4ccc(-c5ccc(-n6c7ccccc7c7ccccc76)cc5)cc4)c4ccc(-c5ccc(-n6c7ccccc7c7ccccc76)cc5)cc4)cc3)cc2)CC1. The third-order valence-electron chi connectivity index (χ3n) is 15.8. The summed E-state index contributed by atoms with van der Waals surface area (Å²) < 4.78 is 7.17. The van der Waals surface area contributed by atoms with Crippen LogP contribution in [0.2, 0.25) is 0 Å². The second-order valence-electron chi connectivity index (χ2n) is 20.0. The number of hydrogen-bond acceptors (Lipinski definition) is 1. The summed E-state index contributed by atoms with van der Waals surface area (Å²) in [6.45, 7) is 0. The number of benzene rings is 11. The number of allylic oxidation sites excluding steroid dienone is 1. The largest absolute Gasteiger partial charge is 0.311 e. The lowest BCUT2D eigenvalue weighted by atomic mass is 10.0. The van der Waals surface area contributed by atoms with E-state index in [4.69, 9.17) is 0 Å². The van der Waals surface area contributed by atoms with Crippen LogP contribution >= 0.6 is 0 Å². The summed E-state index contributed by atoms with van der Waals surface area (Å²) in [7, 11) is 0. The summed E-state index contributed by atoms with van der Waals surface area (Å²) in [5, 5.41) is 6.42. The number of aryl methyl sites for hydroxylation is 1. The summed E-state index contributed by atoms with van der Waals surface area (Å²) in [5.41, 5.74) is 22.6. The molecule has 0 spiro atoms. The van der Waals surface area contributed by atoms with Crippen molar-refractivity contribution >= 4 is 77.7 Å². The van der Waals surface area contributed by atoms with Gasteiger partial charge in [0.1, 0.15) is 0 Å². The van der Waals surface area contributed by atoms with E-state index in [0.717, 1.165) is 41.3 Å². The molecule has 4 nitrogen and oxygen atoms in total. The molecule has 0 radical (unpaired) electrons. The van der Waals surface area contributed by atoms with Crippen LogP contribution in [-0.4, -0.2) is 13.7 Å². The van der Waals surface area contributed by atoms with Gasteiger partial charge in [-0.05, 0) is 161 Å². The number of fused-ring (bicyclic) bond motifs is 9. The molecule has 11 aromatic carbocycles. The molecule has 76 heavy (non-hydrogen) atoms. The predicted molar refractivity (Wildman–Crippen MR) is 320 cm³/mol. The van der Waals surface area contributed by atoms with Crippen LogP contribution in [0, 0.1) is 0 Å². The molecule has 0 saturated heterocycles. The Morgan fingerprint density at radius 3 is 0.882 bits per heavy atom. The molecule has 0 unspecified atom stereocenters. The zero-order chi connectivity index (χ0) is 50.1. The molecule has 358 valence electrons. The highest BCUT2D eigenvalue weighted by Crippen LogP contribution is 2.40. The van der Waals surface area contributed by atoms with Gasteiger partial charge in [-0.25, -0.2) is 0 Å². The van der Waals surface area contributed by atoms with E-state index in [1.54, 1.807) is 0 Å². The van der Waals surface area contributed by atoms with E-state index >= 15 is 0 Å². The molecule has 14 aromatic rings. The van der Waals surface area contributed by atoms with Crippen molar-refractivity contribution in [1.82, 2.24) is 13.7 Å². The first kappa shape index (κ1) is 43.7. The molecule has 0 N–H and O–H groups in total. The number of aromatic nitrogens is 3. The van der Waals surface area contributed by atoms with Crippen molar-refractivity contribution in [2.24, 2.45) is 0 Å². The Kier molecular flexibility index (Phi) is 10.3. The molecule has 0 amide bonds. The number of hydrogen-bond donors (Lipinski definition) is 0. The van der Waals surface area contributed by atoms with Gasteiger partial charge in [-0.15, -0.1) is 0 Å². The average molecular weight is 971 g/mol. The molecular formula is C72H50N4. The summed E-state index contributed by atoms with van der Waals surface area (Å²) in [6, 6.07) is 97.6. The van der Waals surface area contributed by atoms with Crippen LogP contribution in [0.3, 0.4) is 0 Å². The van der Waals surface area contributed by atoms with E-state index in [1.165, 1.54) is 105 Å². The average Bonchev–Trinajstić information content (AvgIpc) is 4.20. The fourth-order valence-electron chi connectivity index (χ4n) is 12.1. The van der Waals surface area contributed by atoms with Gasteiger partial charge >= 0.3 is 0 Å². The molecule has 15 rings (SSSR count). The van der Waals surface area contributed by atoms with Crippen molar-refractivity contribution in [2.75, 3.05) is 4.90 Å².